The van der Waals surface area contributed by atoms with Crippen molar-refractivity contribution < 1.29 is 9.47 Å². The van der Waals surface area contributed by atoms with Gasteiger partial charge in [-0.1, -0.05) is 6.07 Å². The van der Waals surface area contributed by atoms with E-state index in [1.165, 1.54) is 5.69 Å². The van der Waals surface area contributed by atoms with Gasteiger partial charge in [-0.15, -0.1) is 5.10 Å². The molecule has 1 aliphatic rings. The smallest absolute Gasteiger partial charge is 0.244 e. The van der Waals surface area contributed by atoms with E-state index in [1.807, 2.05) is 30.3 Å². The summed E-state index contributed by atoms with van der Waals surface area (Å²) < 4.78 is 10.7. The molecule has 150 valence electrons. The van der Waals surface area contributed by atoms with E-state index in [1.54, 1.807) is 6.20 Å². The molecule has 2 N–H and O–H groups in total. The van der Waals surface area contributed by atoms with Crippen LogP contribution in [0.4, 0.5) is 23.1 Å². The van der Waals surface area contributed by atoms with Crippen LogP contribution in [-0.2, 0) is 6.54 Å². The lowest BCUT2D eigenvalue weighted by Crippen LogP contribution is -2.21. The number of hydrogen-bond acceptors (Lipinski definition) is 8. The molecule has 0 fully saturated rings. The molecule has 0 atom stereocenters. The van der Waals surface area contributed by atoms with Crippen LogP contribution in [0.25, 0.3) is 0 Å². The van der Waals surface area contributed by atoms with Crippen LogP contribution in [0.5, 0.6) is 11.5 Å². The fourth-order valence-electron chi connectivity index (χ4n) is 3.16. The molecule has 2 aromatic carbocycles. The zero-order valence-electron chi connectivity index (χ0n) is 16.6. The predicted octanol–water partition coefficient (Wildman–Crippen LogP) is 3.80. The maximum Gasteiger partial charge on any atom is 0.244 e. The van der Waals surface area contributed by atoms with Crippen LogP contribution in [0.1, 0.15) is 19.4 Å². The SMILES string of the molecule is CCN(CC)c1ccc(Nc2cnnc(NCc3ccc4c(c3)OCO4)n2)cc1. The molecule has 4 rings (SSSR count). The Hall–Kier alpha value is -3.55. The van der Waals surface area contributed by atoms with Crippen LogP contribution in [0.2, 0.25) is 0 Å². The van der Waals surface area contributed by atoms with Crippen molar-refractivity contribution in [1.82, 2.24) is 15.2 Å². The number of rotatable bonds is 8. The predicted molar refractivity (Wildman–Crippen MR) is 113 cm³/mol. The van der Waals surface area contributed by atoms with Gasteiger partial charge in [0.1, 0.15) is 0 Å². The minimum absolute atomic E-state index is 0.267. The van der Waals surface area contributed by atoms with Gasteiger partial charge in [-0.05, 0) is 55.8 Å². The van der Waals surface area contributed by atoms with E-state index >= 15 is 0 Å². The number of nitrogens with zero attached hydrogens (tertiary/aromatic N) is 4. The molecule has 0 bridgehead atoms. The third-order valence-corrected chi connectivity index (χ3v) is 4.71. The topological polar surface area (TPSA) is 84.4 Å². The molecule has 1 aromatic heterocycles. The van der Waals surface area contributed by atoms with E-state index in [4.69, 9.17) is 9.47 Å². The van der Waals surface area contributed by atoms with Crippen molar-refractivity contribution in [2.24, 2.45) is 0 Å². The summed E-state index contributed by atoms with van der Waals surface area (Å²) in [6.07, 6.45) is 1.60. The van der Waals surface area contributed by atoms with Crippen LogP contribution in [0.15, 0.2) is 48.7 Å². The van der Waals surface area contributed by atoms with Crippen molar-refractivity contribution in [2.75, 3.05) is 35.4 Å². The lowest BCUT2D eigenvalue weighted by atomic mass is 10.2. The molecule has 0 spiro atoms. The quantitative estimate of drug-likeness (QED) is 0.599. The molecule has 8 nitrogen and oxygen atoms in total. The van der Waals surface area contributed by atoms with Crippen molar-refractivity contribution >= 4 is 23.1 Å². The van der Waals surface area contributed by atoms with Crippen LogP contribution < -0.4 is 25.0 Å². The molecule has 0 saturated carbocycles. The van der Waals surface area contributed by atoms with E-state index in [0.29, 0.717) is 18.3 Å². The highest BCUT2D eigenvalue weighted by Gasteiger charge is 2.13. The number of ether oxygens (including phenoxy) is 2. The van der Waals surface area contributed by atoms with E-state index in [9.17, 15) is 0 Å². The summed E-state index contributed by atoms with van der Waals surface area (Å²) in [6, 6.07) is 14.1. The summed E-state index contributed by atoms with van der Waals surface area (Å²) >= 11 is 0. The number of aromatic nitrogens is 3. The van der Waals surface area contributed by atoms with E-state index < -0.39 is 0 Å². The lowest BCUT2D eigenvalue weighted by Gasteiger charge is -2.21. The summed E-state index contributed by atoms with van der Waals surface area (Å²) in [5, 5.41) is 14.5. The maximum absolute atomic E-state index is 5.41. The Morgan fingerprint density at radius 2 is 1.79 bits per heavy atom. The third kappa shape index (κ3) is 4.48. The van der Waals surface area contributed by atoms with Crippen LogP contribution >= 0.6 is 0 Å². The molecule has 0 saturated heterocycles. The van der Waals surface area contributed by atoms with Crippen LogP contribution in [0, 0.1) is 0 Å². The first-order chi connectivity index (χ1) is 14.2. The normalized spacial score (nSPS) is 11.9. The molecule has 29 heavy (non-hydrogen) atoms. The molecule has 0 radical (unpaired) electrons. The summed E-state index contributed by atoms with van der Waals surface area (Å²) in [5.74, 6) is 2.60. The third-order valence-electron chi connectivity index (χ3n) is 4.71. The molecular weight excluding hydrogens is 368 g/mol. The van der Waals surface area contributed by atoms with E-state index in [-0.39, 0.29) is 6.79 Å². The summed E-state index contributed by atoms with van der Waals surface area (Å²) in [5.41, 5.74) is 3.19. The summed E-state index contributed by atoms with van der Waals surface area (Å²) in [7, 11) is 0. The van der Waals surface area contributed by atoms with Crippen molar-refractivity contribution in [3.05, 3.63) is 54.2 Å². The highest BCUT2D eigenvalue weighted by molar-refractivity contribution is 5.60. The maximum atomic E-state index is 5.41. The number of fused-ring (bicyclic) bond motifs is 1. The number of anilines is 4. The van der Waals surface area contributed by atoms with Crippen LogP contribution in [0.3, 0.4) is 0 Å². The molecule has 0 aliphatic carbocycles. The minimum Gasteiger partial charge on any atom is -0.454 e. The fourth-order valence-corrected chi connectivity index (χ4v) is 3.16. The van der Waals surface area contributed by atoms with Gasteiger partial charge in [0.05, 0.1) is 6.20 Å². The lowest BCUT2D eigenvalue weighted by molar-refractivity contribution is 0.174. The van der Waals surface area contributed by atoms with E-state index in [2.05, 4.69) is 56.7 Å². The first-order valence-electron chi connectivity index (χ1n) is 9.69. The van der Waals surface area contributed by atoms with Gasteiger partial charge in [-0.3, -0.25) is 0 Å². The Morgan fingerprint density at radius 3 is 2.59 bits per heavy atom. The second-order valence-electron chi connectivity index (χ2n) is 6.55. The number of nitrogens with one attached hydrogen (secondary N) is 2. The molecule has 1 aliphatic heterocycles. The van der Waals surface area contributed by atoms with Crippen molar-refractivity contribution in [3.8, 4) is 11.5 Å². The highest BCUT2D eigenvalue weighted by atomic mass is 16.7. The fraction of sp³-hybridized carbons (Fsp3) is 0.286. The average Bonchev–Trinajstić information content (AvgIpc) is 3.22. The van der Waals surface area contributed by atoms with Crippen molar-refractivity contribution in [3.63, 3.8) is 0 Å². The highest BCUT2D eigenvalue weighted by Crippen LogP contribution is 2.32. The molecule has 0 unspecified atom stereocenters. The Labute approximate surface area is 169 Å². The van der Waals surface area contributed by atoms with Crippen molar-refractivity contribution in [1.29, 1.82) is 0 Å². The minimum atomic E-state index is 0.267. The van der Waals surface area contributed by atoms with Gasteiger partial charge in [0.15, 0.2) is 17.3 Å². The molecular formula is C21H24N6O2. The largest absolute Gasteiger partial charge is 0.454 e. The Balaban J connectivity index is 1.38. The second kappa shape index (κ2) is 8.64. The molecule has 8 heteroatoms. The zero-order chi connectivity index (χ0) is 20.1. The van der Waals surface area contributed by atoms with Gasteiger partial charge in [0.2, 0.25) is 12.7 Å². The van der Waals surface area contributed by atoms with Gasteiger partial charge >= 0.3 is 0 Å². The van der Waals surface area contributed by atoms with Crippen LogP contribution in [-0.4, -0.2) is 35.1 Å². The van der Waals surface area contributed by atoms with E-state index in [0.717, 1.165) is 35.8 Å². The Kier molecular flexibility index (Phi) is 5.60. The van der Waals surface area contributed by atoms with Gasteiger partial charge in [-0.25, -0.2) is 0 Å². The number of benzene rings is 2. The Morgan fingerprint density at radius 1 is 1.00 bits per heavy atom. The molecule has 3 aromatic rings. The monoisotopic (exact) mass is 392 g/mol. The molecule has 0 amide bonds. The van der Waals surface area contributed by atoms with Crippen molar-refractivity contribution in [2.45, 2.75) is 20.4 Å². The first kappa shape index (κ1) is 18.8. The summed E-state index contributed by atoms with van der Waals surface area (Å²) in [4.78, 5) is 6.78. The zero-order valence-corrected chi connectivity index (χ0v) is 16.6. The Bertz CT molecular complexity index is 960. The number of hydrogen-bond donors (Lipinski definition) is 2. The van der Waals surface area contributed by atoms with Gasteiger partial charge in [-0.2, -0.15) is 10.1 Å². The van der Waals surface area contributed by atoms with Gasteiger partial charge in [0.25, 0.3) is 0 Å². The standard InChI is InChI=1S/C21H24N6O2/c1-3-27(4-2)17-8-6-16(7-9-17)24-20-13-23-26-21(25-20)22-12-15-5-10-18-19(11-15)29-14-28-18/h5-11,13H,3-4,12,14H2,1-2H3,(H2,22,24,25,26). The second-order valence-corrected chi connectivity index (χ2v) is 6.55. The average molecular weight is 392 g/mol. The van der Waals surface area contributed by atoms with Gasteiger partial charge in [0, 0.05) is 31.0 Å². The first-order valence-corrected chi connectivity index (χ1v) is 9.69. The molecule has 2 heterocycles. The summed E-state index contributed by atoms with van der Waals surface area (Å²) in [6.45, 7) is 7.10. The van der Waals surface area contributed by atoms with Gasteiger partial charge < -0.3 is 25.0 Å².